The summed E-state index contributed by atoms with van der Waals surface area (Å²) < 4.78 is 2.23. The average molecular weight is 230 g/mol. The Morgan fingerprint density at radius 1 is 1.06 bits per heavy atom. The Labute approximate surface area is 103 Å². The van der Waals surface area contributed by atoms with Crippen LogP contribution in [0.2, 0.25) is 0 Å². The second kappa shape index (κ2) is 5.87. The van der Waals surface area contributed by atoms with Crippen molar-refractivity contribution in [2.24, 2.45) is 12.8 Å². The van der Waals surface area contributed by atoms with Gasteiger partial charge < -0.3 is 10.3 Å². The number of hydrogen-bond acceptors (Lipinski definition) is 1. The molecule has 2 aromatic rings. The molecule has 0 aliphatic heterocycles. The molecule has 0 spiro atoms. The third kappa shape index (κ3) is 2.89. The van der Waals surface area contributed by atoms with Crippen LogP contribution in [0.4, 0.5) is 0 Å². The van der Waals surface area contributed by atoms with E-state index in [1.54, 1.807) is 0 Å². The summed E-state index contributed by atoms with van der Waals surface area (Å²) in [7, 11) is 2.13. The molecule has 0 saturated heterocycles. The van der Waals surface area contributed by atoms with E-state index in [1.807, 2.05) is 0 Å². The molecule has 1 aromatic carbocycles. The van der Waals surface area contributed by atoms with Gasteiger partial charge >= 0.3 is 0 Å². The fourth-order valence-corrected chi connectivity index (χ4v) is 2.44. The monoisotopic (exact) mass is 230 g/mol. The third-order valence-corrected chi connectivity index (χ3v) is 3.38. The van der Waals surface area contributed by atoms with Crippen molar-refractivity contribution in [2.75, 3.05) is 6.54 Å². The highest BCUT2D eigenvalue weighted by Crippen LogP contribution is 2.22. The molecule has 1 aromatic heterocycles. The van der Waals surface area contributed by atoms with Crippen molar-refractivity contribution in [1.29, 1.82) is 0 Å². The van der Waals surface area contributed by atoms with Crippen LogP contribution in [0.3, 0.4) is 0 Å². The number of unbranched alkanes of at least 4 members (excludes halogenated alkanes) is 3. The van der Waals surface area contributed by atoms with Crippen molar-refractivity contribution in [2.45, 2.75) is 32.1 Å². The Morgan fingerprint density at radius 2 is 1.82 bits per heavy atom. The molecule has 0 atom stereocenters. The number of fused-ring (bicyclic) bond motifs is 1. The molecule has 0 aliphatic carbocycles. The van der Waals surface area contributed by atoms with Crippen molar-refractivity contribution in [3.05, 3.63) is 36.0 Å². The van der Waals surface area contributed by atoms with Crippen LogP contribution in [0.15, 0.2) is 30.5 Å². The first-order chi connectivity index (χ1) is 8.33. The topological polar surface area (TPSA) is 30.9 Å². The maximum absolute atomic E-state index is 5.50. The van der Waals surface area contributed by atoms with Crippen LogP contribution in [0.25, 0.3) is 10.9 Å². The summed E-state index contributed by atoms with van der Waals surface area (Å²) in [5.41, 5.74) is 8.32. The highest BCUT2D eigenvalue weighted by Gasteiger charge is 2.04. The predicted octanol–water partition coefficient (Wildman–Crippen LogP) is 3.24. The zero-order valence-corrected chi connectivity index (χ0v) is 10.7. The molecule has 2 nitrogen and oxygen atoms in total. The summed E-state index contributed by atoms with van der Waals surface area (Å²) in [6.45, 7) is 0.828. The highest BCUT2D eigenvalue weighted by atomic mass is 14.9. The summed E-state index contributed by atoms with van der Waals surface area (Å²) in [5.74, 6) is 0. The molecule has 0 aliphatic rings. The number of aryl methyl sites for hydroxylation is 2. The van der Waals surface area contributed by atoms with Crippen molar-refractivity contribution in [1.82, 2.24) is 4.57 Å². The largest absolute Gasteiger partial charge is 0.350 e. The maximum Gasteiger partial charge on any atom is 0.0480 e. The number of hydrogen-bond donors (Lipinski definition) is 1. The van der Waals surface area contributed by atoms with Gasteiger partial charge in [0.1, 0.15) is 0 Å². The van der Waals surface area contributed by atoms with Gasteiger partial charge in [0.2, 0.25) is 0 Å². The lowest BCUT2D eigenvalue weighted by atomic mass is 10.1. The van der Waals surface area contributed by atoms with E-state index in [9.17, 15) is 0 Å². The average Bonchev–Trinajstić information content (AvgIpc) is 2.67. The molecule has 17 heavy (non-hydrogen) atoms. The van der Waals surface area contributed by atoms with E-state index in [2.05, 4.69) is 42.1 Å². The zero-order chi connectivity index (χ0) is 12.1. The minimum Gasteiger partial charge on any atom is -0.350 e. The van der Waals surface area contributed by atoms with Gasteiger partial charge in [-0.2, -0.15) is 0 Å². The first kappa shape index (κ1) is 12.2. The fraction of sp³-hybridized carbons (Fsp3) is 0.467. The molecule has 0 amide bonds. The molecule has 0 saturated carbocycles. The molecule has 0 fully saturated rings. The van der Waals surface area contributed by atoms with Gasteiger partial charge in [0.15, 0.2) is 0 Å². The van der Waals surface area contributed by atoms with E-state index in [4.69, 9.17) is 5.73 Å². The van der Waals surface area contributed by atoms with Crippen molar-refractivity contribution >= 4 is 10.9 Å². The summed E-state index contributed by atoms with van der Waals surface area (Å²) in [6.07, 6.45) is 8.45. The van der Waals surface area contributed by atoms with E-state index < -0.39 is 0 Å². The van der Waals surface area contributed by atoms with Gasteiger partial charge in [0, 0.05) is 24.1 Å². The number of benzene rings is 1. The molecule has 1 heterocycles. The van der Waals surface area contributed by atoms with E-state index in [1.165, 1.54) is 42.1 Å². The van der Waals surface area contributed by atoms with Gasteiger partial charge in [-0.15, -0.1) is 0 Å². The maximum atomic E-state index is 5.50. The van der Waals surface area contributed by atoms with Gasteiger partial charge in [-0.1, -0.05) is 31.0 Å². The number of nitrogens with two attached hydrogens (primary N) is 1. The van der Waals surface area contributed by atoms with Gasteiger partial charge in [-0.3, -0.25) is 0 Å². The summed E-state index contributed by atoms with van der Waals surface area (Å²) >= 11 is 0. The fourth-order valence-electron chi connectivity index (χ4n) is 2.44. The van der Waals surface area contributed by atoms with Crippen LogP contribution in [0.5, 0.6) is 0 Å². The lowest BCUT2D eigenvalue weighted by molar-refractivity contribution is 0.647. The van der Waals surface area contributed by atoms with Crippen LogP contribution < -0.4 is 5.73 Å². The Hall–Kier alpha value is -1.28. The standard InChI is InChI=1S/C15H22N2/c1-17-12-13(8-4-2-3-7-11-16)14-9-5-6-10-15(14)17/h5-6,9-10,12H,2-4,7-8,11,16H2,1H3. The Bertz CT molecular complexity index is 471. The van der Waals surface area contributed by atoms with E-state index in [-0.39, 0.29) is 0 Å². The minimum absolute atomic E-state index is 0.828. The van der Waals surface area contributed by atoms with Crippen LogP contribution in [0, 0.1) is 0 Å². The van der Waals surface area contributed by atoms with Crippen LogP contribution in [0.1, 0.15) is 31.2 Å². The van der Waals surface area contributed by atoms with E-state index in [0.29, 0.717) is 0 Å². The molecule has 0 radical (unpaired) electrons. The summed E-state index contributed by atoms with van der Waals surface area (Å²) in [4.78, 5) is 0. The molecule has 92 valence electrons. The van der Waals surface area contributed by atoms with Crippen molar-refractivity contribution in [3.63, 3.8) is 0 Å². The van der Waals surface area contributed by atoms with Crippen LogP contribution >= 0.6 is 0 Å². The number of para-hydroxylation sites is 1. The SMILES string of the molecule is Cn1cc(CCCCCCN)c2ccccc21. The lowest BCUT2D eigenvalue weighted by Crippen LogP contribution is -1.97. The lowest BCUT2D eigenvalue weighted by Gasteiger charge is -1.99. The van der Waals surface area contributed by atoms with Gasteiger partial charge in [-0.25, -0.2) is 0 Å². The molecule has 0 unspecified atom stereocenters. The Balaban J connectivity index is 1.99. The number of aromatic nitrogens is 1. The number of nitrogens with zero attached hydrogens (tertiary/aromatic N) is 1. The van der Waals surface area contributed by atoms with Gasteiger partial charge in [0.05, 0.1) is 0 Å². The van der Waals surface area contributed by atoms with Crippen molar-refractivity contribution in [3.8, 4) is 0 Å². The Kier molecular flexibility index (Phi) is 4.21. The van der Waals surface area contributed by atoms with Crippen LogP contribution in [-0.4, -0.2) is 11.1 Å². The Morgan fingerprint density at radius 3 is 2.65 bits per heavy atom. The van der Waals surface area contributed by atoms with Crippen LogP contribution in [-0.2, 0) is 13.5 Å². The normalized spacial score (nSPS) is 11.2. The first-order valence-electron chi connectivity index (χ1n) is 6.56. The molecule has 2 rings (SSSR count). The summed E-state index contributed by atoms with van der Waals surface area (Å²) in [5, 5.41) is 1.41. The smallest absolute Gasteiger partial charge is 0.0480 e. The highest BCUT2D eigenvalue weighted by molar-refractivity contribution is 5.83. The van der Waals surface area contributed by atoms with Gasteiger partial charge in [0.25, 0.3) is 0 Å². The first-order valence-corrected chi connectivity index (χ1v) is 6.56. The van der Waals surface area contributed by atoms with E-state index >= 15 is 0 Å². The molecular weight excluding hydrogens is 208 g/mol. The third-order valence-electron chi connectivity index (χ3n) is 3.38. The minimum atomic E-state index is 0.828. The van der Waals surface area contributed by atoms with Crippen molar-refractivity contribution < 1.29 is 0 Å². The predicted molar refractivity (Wildman–Crippen MR) is 74.1 cm³/mol. The zero-order valence-electron chi connectivity index (χ0n) is 10.7. The molecule has 2 N–H and O–H groups in total. The molecule has 0 bridgehead atoms. The number of rotatable bonds is 6. The van der Waals surface area contributed by atoms with Gasteiger partial charge in [-0.05, 0) is 37.4 Å². The molecule has 2 heteroatoms. The quantitative estimate of drug-likeness (QED) is 0.759. The second-order valence-corrected chi connectivity index (χ2v) is 4.74. The van der Waals surface area contributed by atoms with E-state index in [0.717, 1.165) is 13.0 Å². The second-order valence-electron chi connectivity index (χ2n) is 4.74. The summed E-state index contributed by atoms with van der Waals surface area (Å²) in [6, 6.07) is 8.64. The molecular formula is C15H22N2.